The molecule has 1 heterocycles. The Kier molecular flexibility index (Phi) is 8.60. The summed E-state index contributed by atoms with van der Waals surface area (Å²) in [6.07, 6.45) is -4.72. The van der Waals surface area contributed by atoms with Crippen molar-refractivity contribution in [1.29, 1.82) is 0 Å². The molecule has 174 valence electrons. The molecular formula is C27H30O6. The molecule has 0 spiro atoms. The number of ether oxygens (including phenoxy) is 4. The Labute approximate surface area is 194 Å². The molecule has 1 saturated heterocycles. The molecule has 1 aliphatic heterocycles. The Morgan fingerprint density at radius 1 is 0.606 bits per heavy atom. The standard InChI is InChI=1S/C27H30O6/c28-24-25(31-17-21-12-6-2-7-13-21)23(19-30-16-20-10-4-1-5-11-20)33-27(29)26(24)32-18-22-14-8-3-9-15-22/h1-15,23-29H,16-19H2/t23-,24+,25+,26-,27-/m1/s1. The zero-order chi connectivity index (χ0) is 22.9. The lowest BCUT2D eigenvalue weighted by atomic mass is 9.98. The molecule has 6 nitrogen and oxygen atoms in total. The van der Waals surface area contributed by atoms with E-state index >= 15 is 0 Å². The minimum absolute atomic E-state index is 0.161. The topological polar surface area (TPSA) is 77.4 Å². The van der Waals surface area contributed by atoms with E-state index in [0.717, 1.165) is 16.7 Å². The summed E-state index contributed by atoms with van der Waals surface area (Å²) < 4.78 is 23.6. The lowest BCUT2D eigenvalue weighted by Crippen LogP contribution is -2.60. The quantitative estimate of drug-likeness (QED) is 0.493. The van der Waals surface area contributed by atoms with Crippen molar-refractivity contribution in [3.8, 4) is 0 Å². The second-order valence-corrected chi connectivity index (χ2v) is 8.08. The molecule has 0 aliphatic carbocycles. The number of rotatable bonds is 10. The summed E-state index contributed by atoms with van der Waals surface area (Å²) in [5.74, 6) is 0. The summed E-state index contributed by atoms with van der Waals surface area (Å²) in [5, 5.41) is 21.7. The van der Waals surface area contributed by atoms with Crippen LogP contribution in [0.1, 0.15) is 16.7 Å². The first kappa shape index (κ1) is 23.6. The van der Waals surface area contributed by atoms with Crippen molar-refractivity contribution in [1.82, 2.24) is 0 Å². The van der Waals surface area contributed by atoms with Crippen molar-refractivity contribution < 1.29 is 29.2 Å². The van der Waals surface area contributed by atoms with Crippen LogP contribution in [-0.4, -0.2) is 47.5 Å². The minimum Gasteiger partial charge on any atom is -0.387 e. The first-order chi connectivity index (χ1) is 16.2. The fraction of sp³-hybridized carbons (Fsp3) is 0.333. The van der Waals surface area contributed by atoms with Crippen LogP contribution in [0.3, 0.4) is 0 Å². The van der Waals surface area contributed by atoms with E-state index in [9.17, 15) is 10.2 Å². The van der Waals surface area contributed by atoms with E-state index < -0.39 is 30.7 Å². The molecular weight excluding hydrogens is 420 g/mol. The zero-order valence-electron chi connectivity index (χ0n) is 18.4. The minimum atomic E-state index is -1.30. The highest BCUT2D eigenvalue weighted by molar-refractivity contribution is 5.15. The first-order valence-electron chi connectivity index (χ1n) is 11.1. The average Bonchev–Trinajstić information content (AvgIpc) is 2.85. The van der Waals surface area contributed by atoms with E-state index in [-0.39, 0.29) is 13.2 Å². The van der Waals surface area contributed by atoms with Gasteiger partial charge in [-0.05, 0) is 16.7 Å². The van der Waals surface area contributed by atoms with E-state index in [1.165, 1.54) is 0 Å². The maximum atomic E-state index is 11.1. The van der Waals surface area contributed by atoms with Gasteiger partial charge in [-0.15, -0.1) is 0 Å². The van der Waals surface area contributed by atoms with Crippen molar-refractivity contribution in [2.45, 2.75) is 50.5 Å². The van der Waals surface area contributed by atoms with Crippen molar-refractivity contribution in [3.63, 3.8) is 0 Å². The number of hydrogen-bond donors (Lipinski definition) is 2. The highest BCUT2D eigenvalue weighted by atomic mass is 16.7. The Morgan fingerprint density at radius 3 is 1.58 bits per heavy atom. The third-order valence-electron chi connectivity index (χ3n) is 5.60. The molecule has 0 saturated carbocycles. The van der Waals surface area contributed by atoms with Gasteiger partial charge in [0.2, 0.25) is 0 Å². The van der Waals surface area contributed by atoms with Gasteiger partial charge in [0.05, 0.1) is 26.4 Å². The Bertz CT molecular complexity index is 935. The highest BCUT2D eigenvalue weighted by Crippen LogP contribution is 2.27. The largest absolute Gasteiger partial charge is 0.387 e. The molecule has 6 heteroatoms. The summed E-state index contributed by atoms with van der Waals surface area (Å²) in [7, 11) is 0. The van der Waals surface area contributed by atoms with Gasteiger partial charge < -0.3 is 29.2 Å². The van der Waals surface area contributed by atoms with Crippen molar-refractivity contribution in [3.05, 3.63) is 108 Å². The maximum absolute atomic E-state index is 11.1. The maximum Gasteiger partial charge on any atom is 0.184 e. The van der Waals surface area contributed by atoms with Gasteiger partial charge >= 0.3 is 0 Å². The smallest absolute Gasteiger partial charge is 0.184 e. The van der Waals surface area contributed by atoms with Gasteiger partial charge in [0.1, 0.15) is 24.4 Å². The number of aliphatic hydroxyl groups is 2. The summed E-state index contributed by atoms with van der Waals surface area (Å²) in [4.78, 5) is 0. The van der Waals surface area contributed by atoms with E-state index in [1.54, 1.807) is 0 Å². The molecule has 5 atom stereocenters. The second-order valence-electron chi connectivity index (χ2n) is 8.08. The molecule has 0 bridgehead atoms. The lowest BCUT2D eigenvalue weighted by Gasteiger charge is -2.42. The van der Waals surface area contributed by atoms with Crippen molar-refractivity contribution in [2.75, 3.05) is 6.61 Å². The molecule has 3 aromatic rings. The molecule has 0 unspecified atom stereocenters. The molecule has 0 aromatic heterocycles. The average molecular weight is 451 g/mol. The Hall–Kier alpha value is -2.58. The molecule has 2 N–H and O–H groups in total. The van der Waals surface area contributed by atoms with Gasteiger partial charge in [-0.2, -0.15) is 0 Å². The van der Waals surface area contributed by atoms with Crippen molar-refractivity contribution in [2.24, 2.45) is 0 Å². The molecule has 1 aliphatic rings. The van der Waals surface area contributed by atoms with E-state index in [0.29, 0.717) is 13.2 Å². The third-order valence-corrected chi connectivity index (χ3v) is 5.60. The van der Waals surface area contributed by atoms with Gasteiger partial charge in [0.25, 0.3) is 0 Å². The van der Waals surface area contributed by atoms with Crippen LogP contribution in [0.5, 0.6) is 0 Å². The van der Waals surface area contributed by atoms with Crippen LogP contribution >= 0.6 is 0 Å². The summed E-state index contributed by atoms with van der Waals surface area (Å²) >= 11 is 0. The van der Waals surface area contributed by atoms with E-state index in [4.69, 9.17) is 18.9 Å². The highest BCUT2D eigenvalue weighted by Gasteiger charge is 2.46. The predicted octanol–water partition coefficient (Wildman–Crippen LogP) is 3.45. The molecule has 4 rings (SSSR count). The lowest BCUT2D eigenvalue weighted by molar-refractivity contribution is -0.308. The van der Waals surface area contributed by atoms with Crippen LogP contribution in [0.25, 0.3) is 0 Å². The first-order valence-corrected chi connectivity index (χ1v) is 11.1. The van der Waals surface area contributed by atoms with Crippen molar-refractivity contribution >= 4 is 0 Å². The number of hydrogen-bond acceptors (Lipinski definition) is 6. The van der Waals surface area contributed by atoms with Crippen LogP contribution < -0.4 is 0 Å². The predicted molar refractivity (Wildman–Crippen MR) is 123 cm³/mol. The van der Waals surface area contributed by atoms with Crippen LogP contribution in [0.4, 0.5) is 0 Å². The van der Waals surface area contributed by atoms with Gasteiger partial charge in [-0.1, -0.05) is 91.0 Å². The summed E-state index contributed by atoms with van der Waals surface area (Å²) in [5.41, 5.74) is 2.94. The summed E-state index contributed by atoms with van der Waals surface area (Å²) in [6.45, 7) is 1.09. The van der Waals surface area contributed by atoms with E-state index in [1.807, 2.05) is 91.0 Å². The molecule has 0 radical (unpaired) electrons. The number of benzene rings is 3. The van der Waals surface area contributed by atoms with Gasteiger partial charge in [0.15, 0.2) is 6.29 Å². The fourth-order valence-corrected chi connectivity index (χ4v) is 3.83. The monoisotopic (exact) mass is 450 g/mol. The zero-order valence-corrected chi connectivity index (χ0v) is 18.4. The fourth-order valence-electron chi connectivity index (χ4n) is 3.83. The van der Waals surface area contributed by atoms with Gasteiger partial charge in [0, 0.05) is 0 Å². The normalized spacial score (nSPS) is 25.1. The van der Waals surface area contributed by atoms with Crippen LogP contribution in [0.15, 0.2) is 91.0 Å². The molecule has 1 fully saturated rings. The number of aliphatic hydroxyl groups excluding tert-OH is 2. The Morgan fingerprint density at radius 2 is 1.06 bits per heavy atom. The summed E-state index contributed by atoms with van der Waals surface area (Å²) in [6, 6.07) is 29.1. The SMILES string of the molecule is O[C@@H]1[C@@H](OCc2ccccc2)[C@H](O)O[C@H](COCc2ccccc2)[C@@H]1OCc1ccccc1. The van der Waals surface area contributed by atoms with Crippen LogP contribution in [0.2, 0.25) is 0 Å². The molecule has 0 amide bonds. The van der Waals surface area contributed by atoms with Gasteiger partial charge in [-0.25, -0.2) is 0 Å². The molecule has 33 heavy (non-hydrogen) atoms. The molecule has 3 aromatic carbocycles. The van der Waals surface area contributed by atoms with Crippen LogP contribution in [0, 0.1) is 0 Å². The van der Waals surface area contributed by atoms with E-state index in [2.05, 4.69) is 0 Å². The second kappa shape index (κ2) is 12.0. The Balaban J connectivity index is 1.41. The van der Waals surface area contributed by atoms with Crippen LogP contribution in [-0.2, 0) is 38.8 Å². The third kappa shape index (κ3) is 6.71. The van der Waals surface area contributed by atoms with Gasteiger partial charge in [-0.3, -0.25) is 0 Å².